The zero-order valence-electron chi connectivity index (χ0n) is 12.2. The summed E-state index contributed by atoms with van der Waals surface area (Å²) in [5.74, 6) is 0.0676. The standard InChI is InChI=1S/C17H20N2O/c1-12-4-5-14(10-13(12)2)11-17(20)19(3)16-8-6-15(18)7-9-16/h4-10H,11,18H2,1-3H3. The van der Waals surface area contributed by atoms with Crippen LogP contribution in [-0.4, -0.2) is 13.0 Å². The molecule has 2 aromatic rings. The van der Waals surface area contributed by atoms with Crippen LogP contribution < -0.4 is 10.6 Å². The van der Waals surface area contributed by atoms with Gasteiger partial charge in [-0.05, 0) is 54.8 Å². The first kappa shape index (κ1) is 14.1. The number of anilines is 2. The highest BCUT2D eigenvalue weighted by molar-refractivity contribution is 5.94. The number of amides is 1. The molecule has 0 saturated carbocycles. The third-order valence-electron chi connectivity index (χ3n) is 3.58. The van der Waals surface area contributed by atoms with Gasteiger partial charge in [-0.2, -0.15) is 0 Å². The largest absolute Gasteiger partial charge is 0.399 e. The van der Waals surface area contributed by atoms with Crippen molar-refractivity contribution in [3.8, 4) is 0 Å². The van der Waals surface area contributed by atoms with Gasteiger partial charge in [-0.3, -0.25) is 4.79 Å². The highest BCUT2D eigenvalue weighted by Gasteiger charge is 2.11. The predicted octanol–water partition coefficient (Wildman–Crippen LogP) is 3.09. The minimum atomic E-state index is 0.0676. The van der Waals surface area contributed by atoms with Gasteiger partial charge >= 0.3 is 0 Å². The summed E-state index contributed by atoms with van der Waals surface area (Å²) in [6.07, 6.45) is 0.405. The number of nitrogens with zero attached hydrogens (tertiary/aromatic N) is 1. The van der Waals surface area contributed by atoms with Crippen molar-refractivity contribution in [3.63, 3.8) is 0 Å². The number of aryl methyl sites for hydroxylation is 2. The number of likely N-dealkylation sites (N-methyl/N-ethyl adjacent to an activating group) is 1. The van der Waals surface area contributed by atoms with Gasteiger partial charge in [0.2, 0.25) is 5.91 Å². The second-order valence-corrected chi connectivity index (χ2v) is 5.14. The fourth-order valence-corrected chi connectivity index (χ4v) is 2.05. The summed E-state index contributed by atoms with van der Waals surface area (Å²) in [6.45, 7) is 4.13. The van der Waals surface area contributed by atoms with E-state index in [9.17, 15) is 4.79 Å². The molecule has 2 N–H and O–H groups in total. The minimum Gasteiger partial charge on any atom is -0.399 e. The maximum absolute atomic E-state index is 12.3. The van der Waals surface area contributed by atoms with Crippen LogP contribution in [0.4, 0.5) is 11.4 Å². The number of nitrogen functional groups attached to an aromatic ring is 1. The third kappa shape index (κ3) is 3.18. The zero-order valence-corrected chi connectivity index (χ0v) is 12.2. The molecule has 0 aliphatic rings. The van der Waals surface area contributed by atoms with Crippen LogP contribution in [0.1, 0.15) is 16.7 Å². The molecule has 0 aliphatic carbocycles. The molecule has 2 rings (SSSR count). The number of nitrogens with two attached hydrogens (primary N) is 1. The maximum Gasteiger partial charge on any atom is 0.231 e. The number of carbonyl (C=O) groups is 1. The second-order valence-electron chi connectivity index (χ2n) is 5.14. The van der Waals surface area contributed by atoms with Gasteiger partial charge in [-0.1, -0.05) is 18.2 Å². The summed E-state index contributed by atoms with van der Waals surface area (Å²) in [4.78, 5) is 14.0. The number of hydrogen-bond acceptors (Lipinski definition) is 2. The molecule has 2 aromatic carbocycles. The molecule has 0 radical (unpaired) electrons. The molecule has 0 bridgehead atoms. The van der Waals surface area contributed by atoms with Crippen molar-refractivity contribution >= 4 is 17.3 Å². The summed E-state index contributed by atoms with van der Waals surface area (Å²) in [5.41, 5.74) is 10.7. The molecular formula is C17H20N2O. The number of carbonyl (C=O) groups excluding carboxylic acids is 1. The van der Waals surface area contributed by atoms with E-state index in [0.717, 1.165) is 11.3 Å². The third-order valence-corrected chi connectivity index (χ3v) is 3.58. The van der Waals surface area contributed by atoms with E-state index in [1.165, 1.54) is 11.1 Å². The van der Waals surface area contributed by atoms with E-state index in [0.29, 0.717) is 12.1 Å². The molecule has 20 heavy (non-hydrogen) atoms. The SMILES string of the molecule is Cc1ccc(CC(=O)N(C)c2ccc(N)cc2)cc1C. The van der Waals surface area contributed by atoms with E-state index in [1.54, 1.807) is 24.1 Å². The van der Waals surface area contributed by atoms with E-state index in [1.807, 2.05) is 18.2 Å². The first-order chi connectivity index (χ1) is 9.47. The van der Waals surface area contributed by atoms with Gasteiger partial charge in [0.15, 0.2) is 0 Å². The van der Waals surface area contributed by atoms with Crippen LogP contribution in [0.3, 0.4) is 0 Å². The molecule has 0 atom stereocenters. The van der Waals surface area contributed by atoms with Crippen molar-refractivity contribution in [1.82, 2.24) is 0 Å². The van der Waals surface area contributed by atoms with Gasteiger partial charge in [0.05, 0.1) is 6.42 Å². The lowest BCUT2D eigenvalue weighted by Gasteiger charge is -2.18. The fraction of sp³-hybridized carbons (Fsp3) is 0.235. The van der Waals surface area contributed by atoms with E-state index < -0.39 is 0 Å². The van der Waals surface area contributed by atoms with Gasteiger partial charge in [0.25, 0.3) is 0 Å². The first-order valence-corrected chi connectivity index (χ1v) is 6.65. The highest BCUT2D eigenvalue weighted by Crippen LogP contribution is 2.17. The Bertz CT molecular complexity index is 617. The molecule has 0 aromatic heterocycles. The molecule has 0 fully saturated rings. The van der Waals surface area contributed by atoms with Crippen LogP contribution in [0.5, 0.6) is 0 Å². The van der Waals surface area contributed by atoms with Gasteiger partial charge in [-0.25, -0.2) is 0 Å². The van der Waals surface area contributed by atoms with Crippen LogP contribution in [0.15, 0.2) is 42.5 Å². The molecule has 0 saturated heterocycles. The van der Waals surface area contributed by atoms with E-state index >= 15 is 0 Å². The van der Waals surface area contributed by atoms with Gasteiger partial charge < -0.3 is 10.6 Å². The van der Waals surface area contributed by atoms with Gasteiger partial charge in [0.1, 0.15) is 0 Å². The average Bonchev–Trinajstić information content (AvgIpc) is 2.43. The highest BCUT2D eigenvalue weighted by atomic mass is 16.2. The second kappa shape index (κ2) is 5.78. The Morgan fingerprint density at radius 1 is 1.05 bits per heavy atom. The van der Waals surface area contributed by atoms with Crippen LogP contribution in [-0.2, 0) is 11.2 Å². The van der Waals surface area contributed by atoms with Crippen LogP contribution in [0.25, 0.3) is 0 Å². The van der Waals surface area contributed by atoms with Gasteiger partial charge in [-0.15, -0.1) is 0 Å². The minimum absolute atomic E-state index is 0.0676. The lowest BCUT2D eigenvalue weighted by atomic mass is 10.0. The van der Waals surface area contributed by atoms with Crippen LogP contribution >= 0.6 is 0 Å². The molecule has 0 spiro atoms. The Balaban J connectivity index is 2.11. The Kier molecular flexibility index (Phi) is 4.08. The van der Waals surface area contributed by atoms with Crippen molar-refractivity contribution in [3.05, 3.63) is 59.2 Å². The summed E-state index contributed by atoms with van der Waals surface area (Å²) in [5, 5.41) is 0. The molecule has 3 nitrogen and oxygen atoms in total. The molecule has 0 heterocycles. The van der Waals surface area contributed by atoms with Crippen molar-refractivity contribution in [1.29, 1.82) is 0 Å². The van der Waals surface area contributed by atoms with E-state index in [-0.39, 0.29) is 5.91 Å². The zero-order chi connectivity index (χ0) is 14.7. The normalized spacial score (nSPS) is 10.3. The number of benzene rings is 2. The Labute approximate surface area is 120 Å². The number of hydrogen-bond donors (Lipinski definition) is 1. The van der Waals surface area contributed by atoms with Gasteiger partial charge in [0, 0.05) is 18.4 Å². The van der Waals surface area contributed by atoms with Crippen molar-refractivity contribution in [2.24, 2.45) is 0 Å². The Hall–Kier alpha value is -2.29. The fourth-order valence-electron chi connectivity index (χ4n) is 2.05. The average molecular weight is 268 g/mol. The van der Waals surface area contributed by atoms with E-state index in [2.05, 4.69) is 26.0 Å². The molecule has 3 heteroatoms. The topological polar surface area (TPSA) is 46.3 Å². The molecule has 0 aliphatic heterocycles. The summed E-state index contributed by atoms with van der Waals surface area (Å²) in [6, 6.07) is 13.5. The first-order valence-electron chi connectivity index (χ1n) is 6.65. The monoisotopic (exact) mass is 268 g/mol. The summed E-state index contributed by atoms with van der Waals surface area (Å²) < 4.78 is 0. The summed E-state index contributed by atoms with van der Waals surface area (Å²) in [7, 11) is 1.79. The molecule has 0 unspecified atom stereocenters. The van der Waals surface area contributed by atoms with Crippen LogP contribution in [0, 0.1) is 13.8 Å². The van der Waals surface area contributed by atoms with E-state index in [4.69, 9.17) is 5.73 Å². The molecule has 1 amide bonds. The number of rotatable bonds is 3. The summed E-state index contributed by atoms with van der Waals surface area (Å²) >= 11 is 0. The lowest BCUT2D eigenvalue weighted by Crippen LogP contribution is -2.27. The maximum atomic E-state index is 12.3. The van der Waals surface area contributed by atoms with Crippen LogP contribution in [0.2, 0.25) is 0 Å². The molecule has 104 valence electrons. The smallest absolute Gasteiger partial charge is 0.231 e. The quantitative estimate of drug-likeness (QED) is 0.869. The van der Waals surface area contributed by atoms with Crippen molar-refractivity contribution in [2.75, 3.05) is 17.7 Å². The van der Waals surface area contributed by atoms with Crippen molar-refractivity contribution in [2.45, 2.75) is 20.3 Å². The Morgan fingerprint density at radius 2 is 1.70 bits per heavy atom. The lowest BCUT2D eigenvalue weighted by molar-refractivity contribution is -0.117. The Morgan fingerprint density at radius 3 is 2.30 bits per heavy atom. The predicted molar refractivity (Wildman–Crippen MR) is 83.9 cm³/mol. The van der Waals surface area contributed by atoms with Crippen molar-refractivity contribution < 1.29 is 4.79 Å². The molecular weight excluding hydrogens is 248 g/mol.